The van der Waals surface area contributed by atoms with Crippen LogP contribution >= 0.6 is 38.9 Å². The summed E-state index contributed by atoms with van der Waals surface area (Å²) in [5.74, 6) is 0.317. The van der Waals surface area contributed by atoms with E-state index >= 15 is 0 Å². The molecule has 2 heterocycles. The number of hydrogen-bond donors (Lipinski definition) is 0. The molecule has 14 heteroatoms. The molecular formula is C36H34BrClN2O9S. The first-order valence-electron chi connectivity index (χ1n) is 15.5. The number of esters is 2. The minimum absolute atomic E-state index is 0.125. The van der Waals surface area contributed by atoms with Gasteiger partial charge in [-0.15, -0.1) is 0 Å². The lowest BCUT2D eigenvalue weighted by atomic mass is 9.95. The highest BCUT2D eigenvalue weighted by Gasteiger charge is 2.34. The van der Waals surface area contributed by atoms with Crippen molar-refractivity contribution in [2.75, 3.05) is 34.0 Å². The minimum atomic E-state index is -0.920. The molecule has 5 rings (SSSR count). The Kier molecular flexibility index (Phi) is 12.0. The number of hydrogen-bond acceptors (Lipinski definition) is 11. The zero-order valence-corrected chi connectivity index (χ0v) is 31.1. The van der Waals surface area contributed by atoms with Crippen molar-refractivity contribution in [3.8, 4) is 23.0 Å². The fourth-order valence-electron chi connectivity index (χ4n) is 5.31. The molecule has 0 fully saturated rings. The van der Waals surface area contributed by atoms with Gasteiger partial charge in [0.15, 0.2) is 34.4 Å². The summed E-state index contributed by atoms with van der Waals surface area (Å²) in [6.07, 6.45) is 1.71. The molecule has 1 aliphatic rings. The van der Waals surface area contributed by atoms with Crippen LogP contribution < -0.4 is 33.8 Å². The minimum Gasteiger partial charge on any atom is -0.493 e. The monoisotopic (exact) mass is 784 g/mol. The van der Waals surface area contributed by atoms with Crippen LogP contribution in [0.25, 0.3) is 6.08 Å². The Hall–Kier alpha value is -4.59. The maximum atomic E-state index is 14.4. The second-order valence-corrected chi connectivity index (χ2v) is 13.1. The summed E-state index contributed by atoms with van der Waals surface area (Å²) in [6.45, 7) is 5.50. The van der Waals surface area contributed by atoms with Crippen molar-refractivity contribution in [2.45, 2.75) is 33.4 Å². The zero-order valence-electron chi connectivity index (χ0n) is 27.9. The summed E-state index contributed by atoms with van der Waals surface area (Å²) in [6, 6.07) is 15.0. The zero-order chi connectivity index (χ0) is 35.9. The summed E-state index contributed by atoms with van der Waals surface area (Å²) in [7, 11) is 2.80. The smallest absolute Gasteiger partial charge is 0.343 e. The van der Waals surface area contributed by atoms with Crippen molar-refractivity contribution in [2.24, 2.45) is 4.99 Å². The number of rotatable bonds is 13. The lowest BCUT2D eigenvalue weighted by molar-refractivity contribution is -0.143. The van der Waals surface area contributed by atoms with Crippen LogP contribution in [0.4, 0.5) is 0 Å². The Morgan fingerprint density at radius 3 is 2.50 bits per heavy atom. The number of aromatic nitrogens is 1. The standard InChI is InChI=1S/C36H34BrClN2O9S/c1-6-46-27-15-22(11-12-26(27)48-19-30(41)45-5)32-31(35(43)47-7-2)20(3)39-36-40(32)34(42)29(50-36)16-23-14-24(37)17-28(44-4)33(23)49-18-21-9-8-10-25(38)13-21/h8-17,32H,6-7,18-19H2,1-5H3/b29-16+/t32-/m0/s1. The number of nitrogens with zero attached hydrogens (tertiary/aromatic N) is 2. The van der Waals surface area contributed by atoms with Gasteiger partial charge >= 0.3 is 11.9 Å². The summed E-state index contributed by atoms with van der Waals surface area (Å²) in [5, 5.41) is 0.582. The first-order valence-corrected chi connectivity index (χ1v) is 17.5. The molecule has 0 spiro atoms. The number of ether oxygens (including phenoxy) is 6. The highest BCUT2D eigenvalue weighted by Crippen LogP contribution is 2.38. The number of methoxy groups -OCH3 is 2. The number of fused-ring (bicyclic) bond motifs is 1. The summed E-state index contributed by atoms with van der Waals surface area (Å²) < 4.78 is 36.1. The predicted octanol–water partition coefficient (Wildman–Crippen LogP) is 5.75. The quantitative estimate of drug-likeness (QED) is 0.156. The van der Waals surface area contributed by atoms with Crippen LogP contribution in [0.15, 0.2) is 80.1 Å². The molecule has 1 aromatic heterocycles. The molecule has 0 saturated heterocycles. The molecule has 1 aliphatic heterocycles. The van der Waals surface area contributed by atoms with Crippen molar-refractivity contribution in [3.05, 3.63) is 112 Å². The number of allylic oxidation sites excluding steroid dienone is 1. The molecule has 1 atom stereocenters. The van der Waals surface area contributed by atoms with Crippen molar-refractivity contribution >= 4 is 56.9 Å². The van der Waals surface area contributed by atoms with Crippen LogP contribution in [0.5, 0.6) is 23.0 Å². The van der Waals surface area contributed by atoms with Gasteiger partial charge in [-0.1, -0.05) is 57.1 Å². The van der Waals surface area contributed by atoms with Gasteiger partial charge in [-0.2, -0.15) is 0 Å². The summed E-state index contributed by atoms with van der Waals surface area (Å²) in [4.78, 5) is 44.7. The Labute approximate surface area is 305 Å². The van der Waals surface area contributed by atoms with E-state index in [2.05, 4.69) is 20.9 Å². The van der Waals surface area contributed by atoms with Gasteiger partial charge in [-0.05, 0) is 74.4 Å². The van der Waals surface area contributed by atoms with Crippen LogP contribution in [0.2, 0.25) is 5.02 Å². The Bertz CT molecular complexity index is 2140. The fourth-order valence-corrected chi connectivity index (χ4v) is 7.02. The maximum absolute atomic E-state index is 14.4. The van der Waals surface area contributed by atoms with E-state index in [1.54, 1.807) is 57.2 Å². The fraction of sp³-hybridized carbons (Fsp3) is 0.278. The molecule has 0 unspecified atom stereocenters. The number of halogens is 2. The van der Waals surface area contributed by atoms with Gasteiger partial charge in [0, 0.05) is 15.1 Å². The van der Waals surface area contributed by atoms with Gasteiger partial charge in [0.25, 0.3) is 5.56 Å². The van der Waals surface area contributed by atoms with Gasteiger partial charge in [0.1, 0.15) is 6.61 Å². The van der Waals surface area contributed by atoms with Gasteiger partial charge in [0.05, 0.1) is 49.3 Å². The lowest BCUT2D eigenvalue weighted by Crippen LogP contribution is -2.40. The summed E-state index contributed by atoms with van der Waals surface area (Å²) in [5.41, 5.74) is 2.18. The number of benzene rings is 3. The molecule has 0 amide bonds. The van der Waals surface area contributed by atoms with Crippen LogP contribution in [0, 0.1) is 0 Å². The Balaban J connectivity index is 1.66. The molecule has 0 bridgehead atoms. The third-order valence-electron chi connectivity index (χ3n) is 7.50. The molecule has 0 radical (unpaired) electrons. The van der Waals surface area contributed by atoms with Crippen LogP contribution in [0.1, 0.15) is 43.5 Å². The van der Waals surface area contributed by atoms with Crippen molar-refractivity contribution in [3.63, 3.8) is 0 Å². The third kappa shape index (κ3) is 8.06. The van der Waals surface area contributed by atoms with Gasteiger partial charge < -0.3 is 28.4 Å². The van der Waals surface area contributed by atoms with Crippen molar-refractivity contribution < 1.29 is 38.0 Å². The average Bonchev–Trinajstić information content (AvgIpc) is 3.39. The van der Waals surface area contributed by atoms with E-state index in [0.29, 0.717) is 58.7 Å². The Morgan fingerprint density at radius 1 is 1.00 bits per heavy atom. The first-order chi connectivity index (χ1) is 24.1. The van der Waals surface area contributed by atoms with Crippen LogP contribution in [-0.4, -0.2) is 50.5 Å². The van der Waals surface area contributed by atoms with E-state index in [1.165, 1.54) is 30.1 Å². The molecule has 262 valence electrons. The molecule has 0 N–H and O–H groups in total. The highest BCUT2D eigenvalue weighted by molar-refractivity contribution is 9.10. The number of carbonyl (C=O) groups excluding carboxylic acids is 2. The second-order valence-electron chi connectivity index (χ2n) is 10.8. The largest absolute Gasteiger partial charge is 0.493 e. The molecule has 0 saturated carbocycles. The highest BCUT2D eigenvalue weighted by atomic mass is 79.9. The van der Waals surface area contributed by atoms with E-state index in [1.807, 2.05) is 24.3 Å². The van der Waals surface area contributed by atoms with E-state index < -0.39 is 23.5 Å². The molecular weight excluding hydrogens is 752 g/mol. The first kappa shape index (κ1) is 36.7. The SMILES string of the molecule is CCOC(=O)C1=C(C)N=c2s/c(=C/c3cc(Br)cc(OC)c3OCc3cccc(Cl)c3)c(=O)n2[C@H]1c1ccc(OCC(=O)OC)c(OCC)c1. The molecule has 3 aromatic carbocycles. The van der Waals surface area contributed by atoms with E-state index in [-0.39, 0.29) is 32.0 Å². The normalized spacial score (nSPS) is 14.1. The topological polar surface area (TPSA) is 124 Å². The predicted molar refractivity (Wildman–Crippen MR) is 192 cm³/mol. The Morgan fingerprint density at radius 2 is 1.80 bits per heavy atom. The lowest BCUT2D eigenvalue weighted by Gasteiger charge is -2.25. The van der Waals surface area contributed by atoms with Crippen molar-refractivity contribution in [1.82, 2.24) is 4.57 Å². The van der Waals surface area contributed by atoms with E-state index in [0.717, 1.165) is 5.56 Å². The van der Waals surface area contributed by atoms with Gasteiger partial charge in [-0.3, -0.25) is 9.36 Å². The van der Waals surface area contributed by atoms with E-state index in [9.17, 15) is 14.4 Å². The van der Waals surface area contributed by atoms with Gasteiger partial charge in [-0.25, -0.2) is 14.6 Å². The van der Waals surface area contributed by atoms with Crippen molar-refractivity contribution in [1.29, 1.82) is 0 Å². The molecule has 50 heavy (non-hydrogen) atoms. The molecule has 4 aromatic rings. The van der Waals surface area contributed by atoms with Gasteiger partial charge in [0.2, 0.25) is 0 Å². The number of thiazole rings is 1. The van der Waals surface area contributed by atoms with Crippen LogP contribution in [-0.2, 0) is 25.7 Å². The summed E-state index contributed by atoms with van der Waals surface area (Å²) >= 11 is 10.9. The van der Waals surface area contributed by atoms with Crippen LogP contribution in [0.3, 0.4) is 0 Å². The van der Waals surface area contributed by atoms with E-state index in [4.69, 9.17) is 40.0 Å². The second kappa shape index (κ2) is 16.4. The molecule has 0 aliphatic carbocycles. The number of carbonyl (C=O) groups is 2. The molecule has 11 nitrogen and oxygen atoms in total. The third-order valence-corrected chi connectivity index (χ3v) is 9.18. The average molecular weight is 786 g/mol. The maximum Gasteiger partial charge on any atom is 0.343 e.